The molecule has 0 saturated carbocycles. The van der Waals surface area contributed by atoms with Crippen molar-refractivity contribution < 1.29 is 4.79 Å². The molecule has 2 aromatic carbocycles. The second-order valence-corrected chi connectivity index (χ2v) is 6.82. The average molecular weight is 352 g/mol. The predicted octanol–water partition coefficient (Wildman–Crippen LogP) is 3.88. The lowest BCUT2D eigenvalue weighted by atomic mass is 10.1. The van der Waals surface area contributed by atoms with Gasteiger partial charge in [0.15, 0.2) is 0 Å². The molecular weight excluding hydrogens is 332 g/mol. The van der Waals surface area contributed by atoms with Gasteiger partial charge in [0, 0.05) is 11.3 Å². The van der Waals surface area contributed by atoms with Crippen LogP contribution in [-0.2, 0) is 5.75 Å². The fraction of sp³-hybridized carbons (Fsp3) is 0.211. The number of rotatable bonds is 5. The Balaban J connectivity index is 1.74. The van der Waals surface area contributed by atoms with Gasteiger partial charge < -0.3 is 0 Å². The number of hydrogen-bond acceptors (Lipinski definition) is 4. The number of thioether (sulfide) groups is 1. The molecule has 3 rings (SSSR count). The van der Waals surface area contributed by atoms with Crippen molar-refractivity contribution in [3.05, 3.63) is 76.6 Å². The molecule has 25 heavy (non-hydrogen) atoms. The van der Waals surface area contributed by atoms with E-state index in [-0.39, 0.29) is 5.91 Å². The fourth-order valence-electron chi connectivity index (χ4n) is 2.34. The first-order chi connectivity index (χ1) is 12.0. The van der Waals surface area contributed by atoms with Gasteiger partial charge in [0.25, 0.3) is 5.91 Å². The highest BCUT2D eigenvalue weighted by Crippen LogP contribution is 2.21. The molecule has 0 radical (unpaired) electrons. The molecule has 1 aromatic heterocycles. The summed E-state index contributed by atoms with van der Waals surface area (Å²) in [6, 6.07) is 15.8. The summed E-state index contributed by atoms with van der Waals surface area (Å²) in [5, 5.41) is 8.92. The summed E-state index contributed by atoms with van der Waals surface area (Å²) in [5.41, 5.74) is 6.96. The van der Waals surface area contributed by atoms with Crippen LogP contribution >= 0.6 is 11.8 Å². The number of hydrogen-bond donors (Lipinski definition) is 1. The first-order valence-electron chi connectivity index (χ1n) is 8.02. The zero-order chi connectivity index (χ0) is 17.8. The Labute approximate surface area is 151 Å². The average Bonchev–Trinajstić information content (AvgIpc) is 2.96. The number of amides is 1. The highest BCUT2D eigenvalue weighted by molar-refractivity contribution is 7.98. The van der Waals surface area contributed by atoms with Gasteiger partial charge in [-0.2, -0.15) is 0 Å². The van der Waals surface area contributed by atoms with E-state index in [1.165, 1.54) is 17.3 Å². The van der Waals surface area contributed by atoms with Gasteiger partial charge in [-0.05, 0) is 49.6 Å². The van der Waals surface area contributed by atoms with E-state index in [0.717, 1.165) is 16.9 Å². The van der Waals surface area contributed by atoms with Gasteiger partial charge in [-0.15, -0.1) is 10.2 Å². The molecule has 0 atom stereocenters. The van der Waals surface area contributed by atoms with Gasteiger partial charge in [-0.3, -0.25) is 10.2 Å². The monoisotopic (exact) mass is 352 g/mol. The maximum atomic E-state index is 12.6. The number of aryl methyl sites for hydroxylation is 3. The van der Waals surface area contributed by atoms with Gasteiger partial charge in [0.1, 0.15) is 5.82 Å². The molecule has 0 fully saturated rings. The molecule has 0 aliphatic carbocycles. The Morgan fingerprint density at radius 3 is 2.52 bits per heavy atom. The summed E-state index contributed by atoms with van der Waals surface area (Å²) in [5.74, 6) is 1.23. The smallest absolute Gasteiger partial charge is 0.267 e. The van der Waals surface area contributed by atoms with Crippen LogP contribution in [0.15, 0.2) is 53.7 Å². The topological polar surface area (TPSA) is 59.8 Å². The van der Waals surface area contributed by atoms with Crippen molar-refractivity contribution in [3.8, 4) is 0 Å². The molecular formula is C19H20N4OS. The molecule has 0 unspecified atom stereocenters. The van der Waals surface area contributed by atoms with Crippen LogP contribution in [0.2, 0.25) is 0 Å². The van der Waals surface area contributed by atoms with Crippen molar-refractivity contribution >= 4 is 17.7 Å². The van der Waals surface area contributed by atoms with Crippen LogP contribution in [0.1, 0.15) is 32.9 Å². The van der Waals surface area contributed by atoms with Gasteiger partial charge in [0.2, 0.25) is 5.16 Å². The van der Waals surface area contributed by atoms with Crippen LogP contribution < -0.4 is 5.43 Å². The van der Waals surface area contributed by atoms with Gasteiger partial charge in [-0.25, -0.2) is 4.68 Å². The third-order valence-corrected chi connectivity index (χ3v) is 4.99. The Morgan fingerprint density at radius 2 is 1.80 bits per heavy atom. The van der Waals surface area contributed by atoms with Gasteiger partial charge in [0.05, 0.1) is 0 Å². The van der Waals surface area contributed by atoms with Crippen molar-refractivity contribution in [2.75, 3.05) is 5.43 Å². The van der Waals surface area contributed by atoms with Crippen molar-refractivity contribution in [3.63, 3.8) is 0 Å². The van der Waals surface area contributed by atoms with Gasteiger partial charge in [-0.1, -0.05) is 48.2 Å². The number of nitrogens with one attached hydrogen (secondary N) is 1. The molecule has 0 aliphatic heterocycles. The minimum Gasteiger partial charge on any atom is -0.267 e. The summed E-state index contributed by atoms with van der Waals surface area (Å²) in [4.78, 5) is 12.6. The summed E-state index contributed by atoms with van der Waals surface area (Å²) >= 11 is 1.54. The highest BCUT2D eigenvalue weighted by Gasteiger charge is 2.14. The maximum absolute atomic E-state index is 12.6. The lowest BCUT2D eigenvalue weighted by Gasteiger charge is -2.11. The molecule has 0 saturated heterocycles. The largest absolute Gasteiger partial charge is 0.270 e. The Kier molecular flexibility index (Phi) is 5.19. The summed E-state index contributed by atoms with van der Waals surface area (Å²) in [6.07, 6.45) is 0. The number of benzene rings is 2. The van der Waals surface area contributed by atoms with E-state index in [0.29, 0.717) is 16.5 Å². The van der Waals surface area contributed by atoms with Crippen LogP contribution in [0.3, 0.4) is 0 Å². The highest BCUT2D eigenvalue weighted by atomic mass is 32.2. The zero-order valence-corrected chi connectivity index (χ0v) is 15.3. The van der Waals surface area contributed by atoms with E-state index in [4.69, 9.17) is 0 Å². The molecule has 0 aliphatic rings. The van der Waals surface area contributed by atoms with Crippen LogP contribution in [0.5, 0.6) is 0 Å². The first kappa shape index (κ1) is 17.2. The minimum absolute atomic E-state index is 0.174. The van der Waals surface area contributed by atoms with E-state index in [9.17, 15) is 4.79 Å². The normalized spacial score (nSPS) is 10.7. The van der Waals surface area contributed by atoms with E-state index >= 15 is 0 Å². The zero-order valence-electron chi connectivity index (χ0n) is 14.5. The van der Waals surface area contributed by atoms with Crippen molar-refractivity contribution in [1.29, 1.82) is 0 Å². The summed E-state index contributed by atoms with van der Waals surface area (Å²) in [6.45, 7) is 5.84. The minimum atomic E-state index is -0.174. The molecule has 5 nitrogen and oxygen atoms in total. The Morgan fingerprint density at radius 1 is 1.04 bits per heavy atom. The Bertz CT molecular complexity index is 890. The van der Waals surface area contributed by atoms with E-state index in [2.05, 4.69) is 27.8 Å². The van der Waals surface area contributed by atoms with Crippen molar-refractivity contribution in [2.24, 2.45) is 0 Å². The maximum Gasteiger partial charge on any atom is 0.270 e. The number of nitrogens with zero attached hydrogens (tertiary/aromatic N) is 3. The third-order valence-electron chi connectivity index (χ3n) is 3.99. The second kappa shape index (κ2) is 7.53. The Hall–Kier alpha value is -2.60. The van der Waals surface area contributed by atoms with E-state index < -0.39 is 0 Å². The van der Waals surface area contributed by atoms with E-state index in [1.807, 2.05) is 57.2 Å². The number of aromatic nitrogens is 3. The van der Waals surface area contributed by atoms with Crippen LogP contribution in [-0.4, -0.2) is 20.8 Å². The first-order valence-corrected chi connectivity index (χ1v) is 9.00. The lowest BCUT2D eigenvalue weighted by molar-refractivity contribution is 0.100. The molecule has 128 valence electrons. The molecule has 0 spiro atoms. The molecule has 6 heteroatoms. The predicted molar refractivity (Wildman–Crippen MR) is 100 cm³/mol. The standard InChI is InChI=1S/C19H20N4OS/c1-13-9-10-17(11-14(13)2)18(24)22-23-15(3)20-21-19(23)25-12-16-7-5-4-6-8-16/h4-11H,12H2,1-3H3,(H,22,24). The molecule has 1 amide bonds. The van der Waals surface area contributed by atoms with Crippen LogP contribution in [0, 0.1) is 20.8 Å². The third kappa shape index (κ3) is 4.09. The second-order valence-electron chi connectivity index (χ2n) is 5.88. The van der Waals surface area contributed by atoms with Gasteiger partial charge >= 0.3 is 0 Å². The quantitative estimate of drug-likeness (QED) is 0.708. The molecule has 0 bridgehead atoms. The summed E-state index contributed by atoms with van der Waals surface area (Å²) in [7, 11) is 0. The summed E-state index contributed by atoms with van der Waals surface area (Å²) < 4.78 is 1.64. The molecule has 1 heterocycles. The van der Waals surface area contributed by atoms with E-state index in [1.54, 1.807) is 4.68 Å². The van der Waals surface area contributed by atoms with Crippen molar-refractivity contribution in [1.82, 2.24) is 14.9 Å². The van der Waals surface area contributed by atoms with Crippen molar-refractivity contribution in [2.45, 2.75) is 31.7 Å². The fourth-order valence-corrected chi connectivity index (χ4v) is 3.23. The number of carbonyl (C=O) groups excluding carboxylic acids is 1. The molecule has 1 N–H and O–H groups in total. The SMILES string of the molecule is Cc1ccc(C(=O)Nn2c(C)nnc2SCc2ccccc2)cc1C. The molecule has 3 aromatic rings. The lowest BCUT2D eigenvalue weighted by Crippen LogP contribution is -2.24. The van der Waals surface area contributed by atoms with Crippen LogP contribution in [0.4, 0.5) is 0 Å². The van der Waals surface area contributed by atoms with Crippen LogP contribution in [0.25, 0.3) is 0 Å². The number of carbonyl (C=O) groups is 1.